The molecule has 3 aromatic carbocycles. The van der Waals surface area contributed by atoms with Gasteiger partial charge in [-0.3, -0.25) is 0 Å². The van der Waals surface area contributed by atoms with Gasteiger partial charge in [0.15, 0.2) is 0 Å². The quantitative estimate of drug-likeness (QED) is 0.654. The standard InChI is InChI=1S/C23H22O3/c1-3-26-22-13-12-19(15-21(22)23(24)25)20-7-5-4-6-18(20)14-17-10-8-16(2)9-11-17/h4-13,15H,3,14H2,1-2H3,(H,24,25). The number of carboxylic acid groups (broad SMARTS) is 1. The molecule has 0 atom stereocenters. The van der Waals surface area contributed by atoms with Crippen LogP contribution in [0.2, 0.25) is 0 Å². The van der Waals surface area contributed by atoms with Crippen molar-refractivity contribution >= 4 is 5.97 Å². The highest BCUT2D eigenvalue weighted by Gasteiger charge is 2.14. The number of hydrogen-bond donors (Lipinski definition) is 1. The lowest BCUT2D eigenvalue weighted by Gasteiger charge is -2.13. The zero-order valence-corrected chi connectivity index (χ0v) is 15.0. The highest BCUT2D eigenvalue weighted by atomic mass is 16.5. The molecule has 0 heterocycles. The van der Waals surface area contributed by atoms with Crippen LogP contribution >= 0.6 is 0 Å². The molecule has 0 aromatic heterocycles. The summed E-state index contributed by atoms with van der Waals surface area (Å²) in [6, 6.07) is 22.0. The monoisotopic (exact) mass is 346 g/mol. The number of aromatic carboxylic acids is 1. The SMILES string of the molecule is CCOc1ccc(-c2ccccc2Cc2ccc(C)cc2)cc1C(=O)O. The summed E-state index contributed by atoms with van der Waals surface area (Å²) >= 11 is 0. The van der Waals surface area contributed by atoms with Crippen LogP contribution < -0.4 is 4.74 Å². The number of ether oxygens (including phenoxy) is 1. The maximum atomic E-state index is 11.6. The third-order valence-corrected chi connectivity index (χ3v) is 4.35. The molecule has 0 radical (unpaired) electrons. The summed E-state index contributed by atoms with van der Waals surface area (Å²) in [5, 5.41) is 9.51. The second-order valence-electron chi connectivity index (χ2n) is 6.27. The molecule has 0 aliphatic heterocycles. The number of hydrogen-bond acceptors (Lipinski definition) is 2. The van der Waals surface area contributed by atoms with Gasteiger partial charge in [-0.25, -0.2) is 4.79 Å². The fourth-order valence-corrected chi connectivity index (χ4v) is 3.03. The van der Waals surface area contributed by atoms with Gasteiger partial charge in [0, 0.05) is 0 Å². The first-order valence-electron chi connectivity index (χ1n) is 8.72. The highest BCUT2D eigenvalue weighted by Crippen LogP contribution is 2.30. The van der Waals surface area contributed by atoms with Crippen LogP contribution in [0.4, 0.5) is 0 Å². The molecular weight excluding hydrogens is 324 g/mol. The molecule has 3 aromatic rings. The summed E-state index contributed by atoms with van der Waals surface area (Å²) in [5.74, 6) is -0.578. The van der Waals surface area contributed by atoms with Crippen molar-refractivity contribution in [3.8, 4) is 16.9 Å². The topological polar surface area (TPSA) is 46.5 Å². The van der Waals surface area contributed by atoms with Gasteiger partial charge in [0.25, 0.3) is 0 Å². The summed E-state index contributed by atoms with van der Waals surface area (Å²) in [7, 11) is 0. The van der Waals surface area contributed by atoms with E-state index in [1.807, 2.05) is 31.2 Å². The molecule has 0 aliphatic carbocycles. The Morgan fingerprint density at radius 1 is 1.00 bits per heavy atom. The van der Waals surface area contributed by atoms with Crippen LogP contribution in [-0.2, 0) is 6.42 Å². The second kappa shape index (κ2) is 7.87. The number of benzene rings is 3. The maximum Gasteiger partial charge on any atom is 0.339 e. The van der Waals surface area contributed by atoms with Gasteiger partial charge in [0.05, 0.1) is 6.61 Å². The van der Waals surface area contributed by atoms with Crippen molar-refractivity contribution in [1.82, 2.24) is 0 Å². The Morgan fingerprint density at radius 2 is 1.73 bits per heavy atom. The predicted molar refractivity (Wildman–Crippen MR) is 104 cm³/mol. The van der Waals surface area contributed by atoms with Gasteiger partial charge in [-0.2, -0.15) is 0 Å². The van der Waals surface area contributed by atoms with Gasteiger partial charge in [-0.1, -0.05) is 60.2 Å². The fraction of sp³-hybridized carbons (Fsp3) is 0.174. The first kappa shape index (κ1) is 17.7. The number of carboxylic acids is 1. The van der Waals surface area contributed by atoms with E-state index < -0.39 is 5.97 Å². The van der Waals surface area contributed by atoms with E-state index in [4.69, 9.17) is 4.74 Å². The summed E-state index contributed by atoms with van der Waals surface area (Å²) in [5.41, 5.74) is 5.74. The fourth-order valence-electron chi connectivity index (χ4n) is 3.03. The van der Waals surface area contributed by atoms with E-state index >= 15 is 0 Å². The molecule has 3 nitrogen and oxygen atoms in total. The van der Waals surface area contributed by atoms with E-state index in [1.165, 1.54) is 11.1 Å². The Bertz CT molecular complexity index is 911. The Labute approximate surface area is 153 Å². The maximum absolute atomic E-state index is 11.6. The van der Waals surface area contributed by atoms with Gasteiger partial charge in [0.2, 0.25) is 0 Å². The van der Waals surface area contributed by atoms with Crippen LogP contribution in [-0.4, -0.2) is 17.7 Å². The van der Waals surface area contributed by atoms with Crippen LogP contribution in [0.25, 0.3) is 11.1 Å². The highest BCUT2D eigenvalue weighted by molar-refractivity contribution is 5.93. The molecule has 26 heavy (non-hydrogen) atoms. The van der Waals surface area contributed by atoms with Crippen molar-refractivity contribution in [3.63, 3.8) is 0 Å². The molecule has 3 heteroatoms. The van der Waals surface area contributed by atoms with Gasteiger partial charge >= 0.3 is 5.97 Å². The van der Waals surface area contributed by atoms with E-state index in [2.05, 4.69) is 37.3 Å². The van der Waals surface area contributed by atoms with Gasteiger partial charge in [-0.15, -0.1) is 0 Å². The molecule has 3 rings (SSSR count). The van der Waals surface area contributed by atoms with Gasteiger partial charge < -0.3 is 9.84 Å². The molecule has 0 fully saturated rings. The molecule has 0 saturated heterocycles. The van der Waals surface area contributed by atoms with E-state index in [0.29, 0.717) is 12.4 Å². The van der Waals surface area contributed by atoms with Crippen molar-refractivity contribution in [2.45, 2.75) is 20.3 Å². The normalized spacial score (nSPS) is 10.5. The second-order valence-corrected chi connectivity index (χ2v) is 6.27. The third kappa shape index (κ3) is 3.94. The van der Waals surface area contributed by atoms with Crippen LogP contribution in [0, 0.1) is 6.92 Å². The van der Waals surface area contributed by atoms with Crippen LogP contribution in [0.15, 0.2) is 66.7 Å². The molecule has 1 N–H and O–H groups in total. The van der Waals surface area contributed by atoms with Gasteiger partial charge in [0.1, 0.15) is 11.3 Å². The van der Waals surface area contributed by atoms with Crippen LogP contribution in [0.1, 0.15) is 34.0 Å². The van der Waals surface area contributed by atoms with Gasteiger partial charge in [-0.05, 0) is 54.7 Å². The van der Waals surface area contributed by atoms with Crippen LogP contribution in [0.3, 0.4) is 0 Å². The zero-order chi connectivity index (χ0) is 18.5. The molecule has 0 aliphatic rings. The Morgan fingerprint density at radius 3 is 2.42 bits per heavy atom. The first-order chi connectivity index (χ1) is 12.6. The Kier molecular flexibility index (Phi) is 5.37. The van der Waals surface area contributed by atoms with E-state index in [-0.39, 0.29) is 5.56 Å². The first-order valence-corrected chi connectivity index (χ1v) is 8.72. The smallest absolute Gasteiger partial charge is 0.339 e. The van der Waals surface area contributed by atoms with E-state index in [9.17, 15) is 9.90 Å². The summed E-state index contributed by atoms with van der Waals surface area (Å²) in [4.78, 5) is 11.6. The molecule has 132 valence electrons. The minimum absolute atomic E-state index is 0.189. The molecule has 0 spiro atoms. The van der Waals surface area contributed by atoms with Crippen molar-refractivity contribution < 1.29 is 14.6 Å². The molecular formula is C23H22O3. The summed E-state index contributed by atoms with van der Waals surface area (Å²) < 4.78 is 5.45. The number of aryl methyl sites for hydroxylation is 1. The van der Waals surface area contributed by atoms with Crippen molar-refractivity contribution in [3.05, 3.63) is 89.0 Å². The lowest BCUT2D eigenvalue weighted by molar-refractivity contribution is 0.0692. The molecule has 0 amide bonds. The molecule has 0 saturated carbocycles. The number of rotatable bonds is 6. The van der Waals surface area contributed by atoms with E-state index in [1.54, 1.807) is 12.1 Å². The van der Waals surface area contributed by atoms with Crippen LogP contribution in [0.5, 0.6) is 5.75 Å². The number of carbonyl (C=O) groups is 1. The Hall–Kier alpha value is -3.07. The van der Waals surface area contributed by atoms with Crippen molar-refractivity contribution in [1.29, 1.82) is 0 Å². The molecule has 0 unspecified atom stereocenters. The minimum Gasteiger partial charge on any atom is -0.493 e. The summed E-state index contributed by atoms with van der Waals surface area (Å²) in [6.07, 6.45) is 0.798. The zero-order valence-electron chi connectivity index (χ0n) is 15.0. The molecule has 0 bridgehead atoms. The largest absolute Gasteiger partial charge is 0.493 e. The Balaban J connectivity index is 2.00. The third-order valence-electron chi connectivity index (χ3n) is 4.35. The minimum atomic E-state index is -0.980. The lowest BCUT2D eigenvalue weighted by Crippen LogP contribution is -2.03. The average molecular weight is 346 g/mol. The van der Waals surface area contributed by atoms with E-state index in [0.717, 1.165) is 23.1 Å². The summed E-state index contributed by atoms with van der Waals surface area (Å²) in [6.45, 7) is 4.35. The van der Waals surface area contributed by atoms with Crippen molar-refractivity contribution in [2.75, 3.05) is 6.61 Å². The van der Waals surface area contributed by atoms with Crippen molar-refractivity contribution in [2.24, 2.45) is 0 Å². The predicted octanol–water partition coefficient (Wildman–Crippen LogP) is 5.35. The average Bonchev–Trinajstić information content (AvgIpc) is 2.64. The lowest BCUT2D eigenvalue weighted by atomic mass is 9.93.